The Morgan fingerprint density at radius 3 is 2.39 bits per heavy atom. The lowest BCUT2D eigenvalue weighted by Gasteiger charge is -2.30. The van der Waals surface area contributed by atoms with Gasteiger partial charge in [0.05, 0.1) is 17.0 Å². The Balaban J connectivity index is 1.83. The molecule has 150 valence electrons. The summed E-state index contributed by atoms with van der Waals surface area (Å²) in [6.45, 7) is 3.82. The average molecular weight is 403 g/mol. The van der Waals surface area contributed by atoms with E-state index in [1.54, 1.807) is 17.0 Å². The van der Waals surface area contributed by atoms with Crippen LogP contribution >= 0.6 is 0 Å². The molecule has 2 aromatic carbocycles. The maximum absolute atomic E-state index is 13.2. The number of benzene rings is 2. The van der Waals surface area contributed by atoms with Crippen molar-refractivity contribution in [3.63, 3.8) is 0 Å². The summed E-state index contributed by atoms with van der Waals surface area (Å²) in [4.78, 5) is 14.9. The quantitative estimate of drug-likeness (QED) is 0.777. The number of aryl methyl sites for hydroxylation is 1. The molecular weight excluding hydrogens is 376 g/mol. The van der Waals surface area contributed by atoms with Gasteiger partial charge in [-0.05, 0) is 44.4 Å². The summed E-state index contributed by atoms with van der Waals surface area (Å²) in [6.07, 6.45) is 0.486. The number of rotatable bonds is 6. The van der Waals surface area contributed by atoms with Gasteiger partial charge in [-0.3, -0.25) is 4.79 Å². The van der Waals surface area contributed by atoms with Gasteiger partial charge in [-0.2, -0.15) is 4.72 Å². The zero-order valence-electron chi connectivity index (χ0n) is 16.1. The van der Waals surface area contributed by atoms with Gasteiger partial charge in [0, 0.05) is 6.54 Å². The molecule has 1 amide bonds. The van der Waals surface area contributed by atoms with Crippen LogP contribution < -0.4 is 4.72 Å². The monoisotopic (exact) mass is 402 g/mol. The summed E-state index contributed by atoms with van der Waals surface area (Å²) in [5, 5.41) is 10.2. The van der Waals surface area contributed by atoms with Gasteiger partial charge < -0.3 is 10.0 Å². The zero-order valence-corrected chi connectivity index (χ0v) is 16.9. The minimum Gasteiger partial charge on any atom is -0.391 e. The second-order valence-corrected chi connectivity index (χ2v) is 8.97. The molecule has 3 atom stereocenters. The third kappa shape index (κ3) is 4.43. The summed E-state index contributed by atoms with van der Waals surface area (Å²) in [7, 11) is -3.94. The Morgan fingerprint density at radius 2 is 1.79 bits per heavy atom. The minimum atomic E-state index is -3.94. The van der Waals surface area contributed by atoms with Gasteiger partial charge in [0.2, 0.25) is 15.9 Å². The highest BCUT2D eigenvalue weighted by Crippen LogP contribution is 2.32. The van der Waals surface area contributed by atoms with E-state index in [4.69, 9.17) is 0 Å². The first-order valence-corrected chi connectivity index (χ1v) is 10.9. The molecule has 1 fully saturated rings. The van der Waals surface area contributed by atoms with Gasteiger partial charge in [0.15, 0.2) is 0 Å². The number of likely N-dealkylation sites (tertiary alicyclic amines) is 1. The first kappa shape index (κ1) is 20.5. The van der Waals surface area contributed by atoms with E-state index in [1.165, 1.54) is 19.1 Å². The number of hydrogen-bond acceptors (Lipinski definition) is 4. The van der Waals surface area contributed by atoms with Crippen molar-refractivity contribution < 1.29 is 18.3 Å². The predicted octanol–water partition coefficient (Wildman–Crippen LogP) is 2.39. The lowest BCUT2D eigenvalue weighted by Crippen LogP contribution is -2.53. The summed E-state index contributed by atoms with van der Waals surface area (Å²) < 4.78 is 27.9. The Morgan fingerprint density at radius 1 is 1.14 bits per heavy atom. The fourth-order valence-corrected chi connectivity index (χ4v) is 4.80. The lowest BCUT2D eigenvalue weighted by atomic mass is 10.0. The van der Waals surface area contributed by atoms with E-state index in [1.807, 2.05) is 37.3 Å². The van der Waals surface area contributed by atoms with E-state index in [2.05, 4.69) is 4.72 Å². The standard InChI is InChI=1S/C21H26N2O4S/c1-15-10-12-18(13-11-15)28(26,27)22-20(16(2)24)21(25)23-14-6-9-19(23)17-7-4-3-5-8-17/h3-5,7-8,10-13,16,19-20,22,24H,6,9,14H2,1-2H3. The molecule has 2 N–H and O–H groups in total. The van der Waals surface area contributed by atoms with Gasteiger partial charge in [0.25, 0.3) is 0 Å². The largest absolute Gasteiger partial charge is 0.391 e. The number of amides is 1. The molecule has 1 aliphatic heterocycles. The number of hydrogen-bond donors (Lipinski definition) is 2. The number of aliphatic hydroxyl groups excluding tert-OH is 1. The van der Waals surface area contributed by atoms with E-state index < -0.39 is 28.1 Å². The summed E-state index contributed by atoms with van der Waals surface area (Å²) >= 11 is 0. The Labute approximate surface area is 166 Å². The van der Waals surface area contributed by atoms with Crippen LogP contribution in [0, 0.1) is 6.92 Å². The maximum atomic E-state index is 13.2. The fourth-order valence-electron chi connectivity index (χ4n) is 3.54. The third-order valence-electron chi connectivity index (χ3n) is 5.08. The van der Waals surface area contributed by atoms with Crippen molar-refractivity contribution in [3.8, 4) is 0 Å². The second kappa shape index (κ2) is 8.43. The number of carbonyl (C=O) groups excluding carboxylic acids is 1. The molecule has 28 heavy (non-hydrogen) atoms. The highest BCUT2D eigenvalue weighted by molar-refractivity contribution is 7.89. The van der Waals surface area contributed by atoms with Crippen molar-refractivity contribution >= 4 is 15.9 Å². The average Bonchev–Trinajstić information content (AvgIpc) is 3.16. The van der Waals surface area contributed by atoms with Crippen LogP contribution in [0.5, 0.6) is 0 Å². The van der Waals surface area contributed by atoms with Crippen LogP contribution in [0.1, 0.15) is 36.9 Å². The number of sulfonamides is 1. The number of nitrogens with one attached hydrogen (secondary N) is 1. The molecule has 0 bridgehead atoms. The number of carbonyl (C=O) groups is 1. The SMILES string of the molecule is Cc1ccc(S(=O)(=O)NC(C(=O)N2CCCC2c2ccccc2)C(C)O)cc1. The van der Waals surface area contributed by atoms with E-state index >= 15 is 0 Å². The molecule has 3 unspecified atom stereocenters. The van der Waals surface area contributed by atoms with E-state index in [9.17, 15) is 18.3 Å². The number of nitrogens with zero attached hydrogens (tertiary/aromatic N) is 1. The molecule has 2 aromatic rings. The van der Waals surface area contributed by atoms with Gasteiger partial charge in [-0.25, -0.2) is 8.42 Å². The van der Waals surface area contributed by atoms with Crippen molar-refractivity contribution in [1.29, 1.82) is 0 Å². The molecule has 0 saturated carbocycles. The van der Waals surface area contributed by atoms with Crippen molar-refractivity contribution in [1.82, 2.24) is 9.62 Å². The minimum absolute atomic E-state index is 0.0672. The molecular formula is C21H26N2O4S. The Hall–Kier alpha value is -2.22. The van der Waals surface area contributed by atoms with Crippen LogP contribution in [0.2, 0.25) is 0 Å². The fraction of sp³-hybridized carbons (Fsp3) is 0.381. The molecule has 0 spiro atoms. The Kier molecular flexibility index (Phi) is 6.17. The van der Waals surface area contributed by atoms with Crippen LogP contribution in [0.25, 0.3) is 0 Å². The smallest absolute Gasteiger partial charge is 0.243 e. The molecule has 0 aromatic heterocycles. The van der Waals surface area contributed by atoms with E-state index in [0.717, 1.165) is 24.0 Å². The van der Waals surface area contributed by atoms with Gasteiger partial charge in [0.1, 0.15) is 6.04 Å². The van der Waals surface area contributed by atoms with Gasteiger partial charge in [-0.15, -0.1) is 0 Å². The van der Waals surface area contributed by atoms with Crippen molar-refractivity contribution in [3.05, 3.63) is 65.7 Å². The maximum Gasteiger partial charge on any atom is 0.243 e. The summed E-state index contributed by atoms with van der Waals surface area (Å²) in [5.74, 6) is -0.406. The van der Waals surface area contributed by atoms with Crippen LogP contribution in [-0.4, -0.2) is 43.0 Å². The van der Waals surface area contributed by atoms with Crippen molar-refractivity contribution in [2.75, 3.05) is 6.54 Å². The highest BCUT2D eigenvalue weighted by atomic mass is 32.2. The topological polar surface area (TPSA) is 86.7 Å². The highest BCUT2D eigenvalue weighted by Gasteiger charge is 2.38. The van der Waals surface area contributed by atoms with Crippen molar-refractivity contribution in [2.24, 2.45) is 0 Å². The van der Waals surface area contributed by atoms with Crippen LogP contribution in [-0.2, 0) is 14.8 Å². The molecule has 1 aliphatic rings. The molecule has 0 aliphatic carbocycles. The van der Waals surface area contributed by atoms with E-state index in [0.29, 0.717) is 6.54 Å². The molecule has 6 nitrogen and oxygen atoms in total. The molecule has 1 heterocycles. The molecule has 7 heteroatoms. The first-order chi connectivity index (χ1) is 13.3. The molecule has 3 rings (SSSR count). The lowest BCUT2D eigenvalue weighted by molar-refractivity contribution is -0.136. The van der Waals surface area contributed by atoms with Crippen LogP contribution in [0.3, 0.4) is 0 Å². The van der Waals surface area contributed by atoms with E-state index in [-0.39, 0.29) is 10.9 Å². The summed E-state index contributed by atoms with van der Waals surface area (Å²) in [5.41, 5.74) is 1.95. The third-order valence-corrected chi connectivity index (χ3v) is 6.54. The van der Waals surface area contributed by atoms with Gasteiger partial charge >= 0.3 is 0 Å². The zero-order chi connectivity index (χ0) is 20.3. The second-order valence-electron chi connectivity index (χ2n) is 7.25. The van der Waals surface area contributed by atoms with Gasteiger partial charge in [-0.1, -0.05) is 48.0 Å². The molecule has 1 saturated heterocycles. The van der Waals surface area contributed by atoms with Crippen LogP contribution in [0.15, 0.2) is 59.5 Å². The van der Waals surface area contributed by atoms with Crippen LogP contribution in [0.4, 0.5) is 0 Å². The summed E-state index contributed by atoms with van der Waals surface area (Å²) in [6, 6.07) is 14.7. The first-order valence-electron chi connectivity index (χ1n) is 9.42. The Bertz CT molecular complexity index is 911. The normalized spacial score (nSPS) is 19.4. The predicted molar refractivity (Wildman–Crippen MR) is 107 cm³/mol. The molecule has 0 radical (unpaired) electrons. The number of aliphatic hydroxyl groups is 1. The van der Waals surface area contributed by atoms with Crippen molar-refractivity contribution in [2.45, 2.75) is 49.8 Å².